The maximum Gasteiger partial charge on any atom is 0.196 e. The first-order valence-corrected chi connectivity index (χ1v) is 5.68. The molecule has 0 saturated heterocycles. The Bertz CT molecular complexity index is 608. The second-order valence-corrected chi connectivity index (χ2v) is 3.88. The highest BCUT2D eigenvalue weighted by Gasteiger charge is 2.15. The fraction of sp³-hybridized carbons (Fsp3) is 0.133. The van der Waals surface area contributed by atoms with Gasteiger partial charge in [0.05, 0.1) is 19.8 Å². The molecule has 0 heterocycles. The van der Waals surface area contributed by atoms with Crippen molar-refractivity contribution < 1.29 is 18.7 Å². The van der Waals surface area contributed by atoms with Crippen LogP contribution < -0.4 is 9.47 Å². The zero-order chi connectivity index (χ0) is 13.8. The molecule has 0 aliphatic heterocycles. The second kappa shape index (κ2) is 5.52. The van der Waals surface area contributed by atoms with Gasteiger partial charge in [-0.05, 0) is 30.3 Å². The molecule has 2 aromatic rings. The fourth-order valence-corrected chi connectivity index (χ4v) is 1.80. The highest BCUT2D eigenvalue weighted by atomic mass is 19.1. The topological polar surface area (TPSA) is 35.5 Å². The number of ether oxygens (including phenoxy) is 2. The number of benzene rings is 2. The van der Waals surface area contributed by atoms with Crippen LogP contribution in [0.2, 0.25) is 0 Å². The highest BCUT2D eigenvalue weighted by Crippen LogP contribution is 2.24. The molecule has 0 unspecified atom stereocenters. The maximum atomic E-state index is 13.6. The van der Waals surface area contributed by atoms with Crippen LogP contribution in [-0.2, 0) is 0 Å². The highest BCUT2D eigenvalue weighted by molar-refractivity contribution is 6.10. The lowest BCUT2D eigenvalue weighted by atomic mass is 10.0. The maximum absolute atomic E-state index is 13.6. The predicted octanol–water partition coefficient (Wildman–Crippen LogP) is 3.07. The summed E-state index contributed by atoms with van der Waals surface area (Å²) in [5, 5.41) is 0. The molecule has 0 fully saturated rings. The van der Waals surface area contributed by atoms with Gasteiger partial charge in [-0.2, -0.15) is 0 Å². The number of rotatable bonds is 4. The van der Waals surface area contributed by atoms with E-state index in [9.17, 15) is 9.18 Å². The summed E-state index contributed by atoms with van der Waals surface area (Å²) in [6.07, 6.45) is 0. The van der Waals surface area contributed by atoms with Gasteiger partial charge in [-0.1, -0.05) is 12.1 Å². The van der Waals surface area contributed by atoms with Crippen LogP contribution in [0.1, 0.15) is 15.9 Å². The van der Waals surface area contributed by atoms with Gasteiger partial charge in [-0.15, -0.1) is 0 Å². The van der Waals surface area contributed by atoms with Crippen LogP contribution in [0.3, 0.4) is 0 Å². The van der Waals surface area contributed by atoms with E-state index in [1.54, 1.807) is 24.3 Å². The van der Waals surface area contributed by atoms with Gasteiger partial charge in [-0.25, -0.2) is 4.39 Å². The monoisotopic (exact) mass is 260 g/mol. The largest absolute Gasteiger partial charge is 0.496 e. The van der Waals surface area contributed by atoms with E-state index >= 15 is 0 Å². The van der Waals surface area contributed by atoms with Gasteiger partial charge < -0.3 is 9.47 Å². The molecular formula is C15H13FO3. The number of halogens is 1. The average Bonchev–Trinajstić information content (AvgIpc) is 2.46. The van der Waals surface area contributed by atoms with Gasteiger partial charge in [0.1, 0.15) is 5.75 Å². The normalized spacial score (nSPS) is 10.1. The van der Waals surface area contributed by atoms with E-state index in [-0.39, 0.29) is 17.1 Å². The zero-order valence-electron chi connectivity index (χ0n) is 10.6. The van der Waals surface area contributed by atoms with Crippen LogP contribution in [0.5, 0.6) is 11.5 Å². The molecule has 19 heavy (non-hydrogen) atoms. The first kappa shape index (κ1) is 13.1. The molecule has 0 bridgehead atoms. The third kappa shape index (κ3) is 2.57. The average molecular weight is 260 g/mol. The summed E-state index contributed by atoms with van der Waals surface area (Å²) in [5.74, 6) is -0.289. The zero-order valence-corrected chi connectivity index (χ0v) is 10.6. The van der Waals surface area contributed by atoms with Crippen LogP contribution in [0.25, 0.3) is 0 Å². The Morgan fingerprint density at radius 3 is 2.32 bits per heavy atom. The molecular weight excluding hydrogens is 247 g/mol. The van der Waals surface area contributed by atoms with Crippen molar-refractivity contribution in [1.82, 2.24) is 0 Å². The first-order chi connectivity index (χ1) is 9.17. The molecule has 0 spiro atoms. The molecule has 0 atom stereocenters. The minimum absolute atomic E-state index is 0.108. The molecule has 0 radical (unpaired) electrons. The van der Waals surface area contributed by atoms with E-state index in [0.29, 0.717) is 11.3 Å². The molecule has 4 heteroatoms. The molecule has 0 saturated carbocycles. The fourth-order valence-electron chi connectivity index (χ4n) is 1.80. The van der Waals surface area contributed by atoms with Crippen LogP contribution in [-0.4, -0.2) is 20.0 Å². The number of para-hydroxylation sites is 1. The lowest BCUT2D eigenvalue weighted by Crippen LogP contribution is -2.04. The van der Waals surface area contributed by atoms with Crippen molar-refractivity contribution in [1.29, 1.82) is 0 Å². The van der Waals surface area contributed by atoms with E-state index in [1.165, 1.54) is 26.4 Å². The van der Waals surface area contributed by atoms with E-state index in [0.717, 1.165) is 6.07 Å². The quantitative estimate of drug-likeness (QED) is 0.792. The Labute approximate surface area is 110 Å². The molecule has 0 aliphatic carbocycles. The smallest absolute Gasteiger partial charge is 0.196 e. The van der Waals surface area contributed by atoms with Crippen molar-refractivity contribution >= 4 is 5.78 Å². The van der Waals surface area contributed by atoms with Crippen molar-refractivity contribution in [2.24, 2.45) is 0 Å². The van der Waals surface area contributed by atoms with Crippen LogP contribution in [0, 0.1) is 5.82 Å². The second-order valence-electron chi connectivity index (χ2n) is 3.88. The van der Waals surface area contributed by atoms with Crippen LogP contribution >= 0.6 is 0 Å². The van der Waals surface area contributed by atoms with Gasteiger partial charge in [0.2, 0.25) is 0 Å². The molecule has 2 rings (SSSR count). The molecule has 3 nitrogen and oxygen atoms in total. The summed E-state index contributed by atoms with van der Waals surface area (Å²) >= 11 is 0. The van der Waals surface area contributed by atoms with Crippen molar-refractivity contribution in [2.75, 3.05) is 14.2 Å². The summed E-state index contributed by atoms with van der Waals surface area (Å²) in [4.78, 5) is 12.3. The minimum atomic E-state index is -0.566. The minimum Gasteiger partial charge on any atom is -0.496 e. The standard InChI is InChI=1S/C15H13FO3/c1-18-13-6-4-3-5-11(13)15(17)10-7-8-14(19-2)12(16)9-10/h3-9H,1-2H3. The Morgan fingerprint density at radius 2 is 1.68 bits per heavy atom. The molecule has 98 valence electrons. The molecule has 0 aromatic heterocycles. The molecule has 0 N–H and O–H groups in total. The number of hydrogen-bond acceptors (Lipinski definition) is 3. The van der Waals surface area contributed by atoms with Crippen molar-refractivity contribution in [2.45, 2.75) is 0 Å². The lowest BCUT2D eigenvalue weighted by molar-refractivity contribution is 0.103. The summed E-state index contributed by atoms with van der Waals surface area (Å²) in [6.45, 7) is 0. The van der Waals surface area contributed by atoms with Crippen molar-refractivity contribution in [3.8, 4) is 11.5 Å². The lowest BCUT2D eigenvalue weighted by Gasteiger charge is -2.08. The first-order valence-electron chi connectivity index (χ1n) is 5.68. The summed E-state index contributed by atoms with van der Waals surface area (Å²) < 4.78 is 23.5. The van der Waals surface area contributed by atoms with Gasteiger partial charge in [0, 0.05) is 5.56 Å². The number of carbonyl (C=O) groups excluding carboxylic acids is 1. The number of carbonyl (C=O) groups is 1. The Kier molecular flexibility index (Phi) is 3.80. The Balaban J connectivity index is 2.41. The Hall–Kier alpha value is -2.36. The Morgan fingerprint density at radius 1 is 1.00 bits per heavy atom. The van der Waals surface area contributed by atoms with Crippen molar-refractivity contribution in [3.63, 3.8) is 0 Å². The number of methoxy groups -OCH3 is 2. The summed E-state index contributed by atoms with van der Waals surface area (Å²) in [7, 11) is 2.86. The van der Waals surface area contributed by atoms with E-state index in [1.807, 2.05) is 0 Å². The molecule has 2 aromatic carbocycles. The van der Waals surface area contributed by atoms with Crippen LogP contribution in [0.4, 0.5) is 4.39 Å². The predicted molar refractivity (Wildman–Crippen MR) is 69.4 cm³/mol. The summed E-state index contributed by atoms with van der Waals surface area (Å²) in [6, 6.07) is 10.9. The van der Waals surface area contributed by atoms with Crippen LogP contribution in [0.15, 0.2) is 42.5 Å². The van der Waals surface area contributed by atoms with Gasteiger partial charge in [0.15, 0.2) is 17.3 Å². The SMILES string of the molecule is COc1ccc(C(=O)c2ccccc2OC)cc1F. The van der Waals surface area contributed by atoms with E-state index in [2.05, 4.69) is 0 Å². The number of hydrogen-bond donors (Lipinski definition) is 0. The van der Waals surface area contributed by atoms with Gasteiger partial charge in [0.25, 0.3) is 0 Å². The third-order valence-electron chi connectivity index (χ3n) is 2.77. The third-order valence-corrected chi connectivity index (χ3v) is 2.77. The summed E-state index contributed by atoms with van der Waals surface area (Å²) in [5.41, 5.74) is 0.650. The van der Waals surface area contributed by atoms with E-state index in [4.69, 9.17) is 9.47 Å². The van der Waals surface area contributed by atoms with Crippen molar-refractivity contribution in [3.05, 3.63) is 59.4 Å². The van der Waals surface area contributed by atoms with Gasteiger partial charge >= 0.3 is 0 Å². The van der Waals surface area contributed by atoms with E-state index < -0.39 is 5.82 Å². The molecule has 0 aliphatic rings. The van der Waals surface area contributed by atoms with Gasteiger partial charge in [-0.3, -0.25) is 4.79 Å². The number of ketones is 1. The molecule has 0 amide bonds.